The van der Waals surface area contributed by atoms with Crippen LogP contribution in [0.2, 0.25) is 5.02 Å². The van der Waals surface area contributed by atoms with Gasteiger partial charge >= 0.3 is 0 Å². The number of anilines is 1. The topological polar surface area (TPSA) is 95.9 Å². The molecule has 2 aromatic rings. The molecule has 2 N–H and O–H groups in total. The molecule has 7 nitrogen and oxygen atoms in total. The highest BCUT2D eigenvalue weighted by Gasteiger charge is 2.44. The van der Waals surface area contributed by atoms with Gasteiger partial charge in [-0.1, -0.05) is 31.0 Å². The van der Waals surface area contributed by atoms with Crippen molar-refractivity contribution in [1.29, 1.82) is 0 Å². The summed E-state index contributed by atoms with van der Waals surface area (Å²) in [7, 11) is -3.87. The minimum Gasteiger partial charge on any atom is -0.490 e. The largest absolute Gasteiger partial charge is 0.490 e. The highest BCUT2D eigenvalue weighted by atomic mass is 35.5. The van der Waals surface area contributed by atoms with Crippen LogP contribution in [0.3, 0.4) is 0 Å². The molecule has 228 valence electrons. The zero-order chi connectivity index (χ0) is 29.6. The van der Waals surface area contributed by atoms with Gasteiger partial charge in [0.2, 0.25) is 10.0 Å². The molecular formula is C33H43ClN2O5S. The van der Waals surface area contributed by atoms with E-state index in [1.807, 2.05) is 25.1 Å². The van der Waals surface area contributed by atoms with Crippen LogP contribution >= 0.6 is 11.6 Å². The molecular weight excluding hydrogens is 572 g/mol. The van der Waals surface area contributed by atoms with Gasteiger partial charge in [0.05, 0.1) is 17.5 Å². The summed E-state index contributed by atoms with van der Waals surface area (Å²) in [5.74, 6) is 1.05. The van der Waals surface area contributed by atoms with Crippen molar-refractivity contribution in [3.8, 4) is 5.75 Å². The number of nitrogens with zero attached hydrogens (tertiary/aromatic N) is 1. The third-order valence-electron chi connectivity index (χ3n) is 10.8. The number of ether oxygens (including phenoxy) is 1. The van der Waals surface area contributed by atoms with Crippen LogP contribution in [0.5, 0.6) is 5.75 Å². The van der Waals surface area contributed by atoms with Crippen molar-refractivity contribution >= 4 is 33.2 Å². The molecule has 1 spiro atoms. The second-order valence-electron chi connectivity index (χ2n) is 13.3. The Bertz CT molecular complexity index is 1450. The van der Waals surface area contributed by atoms with Gasteiger partial charge in [-0.2, -0.15) is 0 Å². The van der Waals surface area contributed by atoms with Gasteiger partial charge in [-0.15, -0.1) is 0 Å². The third-order valence-corrected chi connectivity index (χ3v) is 13.0. The van der Waals surface area contributed by atoms with Gasteiger partial charge in [0.25, 0.3) is 5.91 Å². The van der Waals surface area contributed by atoms with E-state index in [9.17, 15) is 18.3 Å². The molecule has 5 unspecified atom stereocenters. The molecule has 6 atom stereocenters. The second kappa shape index (κ2) is 11.7. The molecule has 2 aliphatic heterocycles. The standard InChI is InChI=1S/C33H43ClN2O5S/c1-21-5-3-6-26(18-37)28-11-8-25(28)17-36-19-33(14-4-7-23-15-27(34)10-12-29(23)33)20-41-31-13-9-24(16-30(31)36)32(38)35-42(39,40)22(21)2/h9-10,12-13,15-16,21-22,25-26,28,37H,3-8,11,14,17-20H2,1-2H3,(H,35,38)/t21?,22?,25?,26-,28?,33?/m0/s1. The number of hydrogen-bond donors (Lipinski definition) is 2. The first-order valence-corrected chi connectivity index (χ1v) is 17.5. The number of fused-ring (bicyclic) bond motifs is 4. The van der Waals surface area contributed by atoms with Crippen LogP contribution in [0.25, 0.3) is 0 Å². The second-order valence-corrected chi connectivity index (χ2v) is 15.8. The molecule has 2 heterocycles. The van der Waals surface area contributed by atoms with Crippen molar-refractivity contribution in [1.82, 2.24) is 4.72 Å². The number of nitrogens with one attached hydrogen (secondary N) is 1. The Hall–Kier alpha value is -2.29. The Labute approximate surface area is 255 Å². The van der Waals surface area contributed by atoms with Crippen molar-refractivity contribution in [3.05, 3.63) is 58.1 Å². The summed E-state index contributed by atoms with van der Waals surface area (Å²) >= 11 is 6.40. The lowest BCUT2D eigenvalue weighted by molar-refractivity contribution is 0.0569. The maximum absolute atomic E-state index is 13.4. The van der Waals surface area contributed by atoms with Gasteiger partial charge in [0.15, 0.2) is 0 Å². The molecule has 2 bridgehead atoms. The van der Waals surface area contributed by atoms with Crippen LogP contribution in [0.15, 0.2) is 36.4 Å². The number of carbonyl (C=O) groups is 1. The van der Waals surface area contributed by atoms with Crippen LogP contribution in [0.1, 0.15) is 80.3 Å². The number of sulfonamides is 1. The summed E-state index contributed by atoms with van der Waals surface area (Å²) in [6, 6.07) is 11.5. The molecule has 1 saturated carbocycles. The number of aliphatic hydroxyl groups excluding tert-OH is 1. The Morgan fingerprint density at radius 3 is 2.69 bits per heavy atom. The molecule has 4 aliphatic rings. The van der Waals surface area contributed by atoms with Gasteiger partial charge in [-0.3, -0.25) is 4.79 Å². The van der Waals surface area contributed by atoms with E-state index in [1.54, 1.807) is 13.0 Å². The van der Waals surface area contributed by atoms with E-state index < -0.39 is 21.2 Å². The SMILES string of the molecule is CC1CCC[C@@H](CO)C2CCC2CN2CC3(CCCc4cc(Cl)ccc43)COc3ccc(cc32)C(=O)NS(=O)(=O)C1C. The maximum atomic E-state index is 13.4. The van der Waals surface area contributed by atoms with Crippen LogP contribution in [0, 0.1) is 23.7 Å². The summed E-state index contributed by atoms with van der Waals surface area (Å²) < 4.78 is 35.3. The number of aliphatic hydroxyl groups is 1. The zero-order valence-corrected chi connectivity index (χ0v) is 26.2. The molecule has 0 radical (unpaired) electrons. The number of halogens is 1. The molecule has 2 aromatic carbocycles. The van der Waals surface area contributed by atoms with Gasteiger partial charge in [-0.25, -0.2) is 13.1 Å². The lowest BCUT2D eigenvalue weighted by atomic mass is 9.65. The summed E-state index contributed by atoms with van der Waals surface area (Å²) in [5.41, 5.74) is 3.46. The first kappa shape index (κ1) is 29.8. The van der Waals surface area contributed by atoms with E-state index in [1.165, 1.54) is 11.1 Å². The number of benzene rings is 2. The van der Waals surface area contributed by atoms with Crippen LogP contribution in [0.4, 0.5) is 5.69 Å². The van der Waals surface area contributed by atoms with Gasteiger partial charge < -0.3 is 14.7 Å². The lowest BCUT2D eigenvalue weighted by Crippen LogP contribution is -2.49. The van der Waals surface area contributed by atoms with Crippen LogP contribution in [-0.4, -0.2) is 51.0 Å². The normalized spacial score (nSPS) is 32.9. The molecule has 2 aliphatic carbocycles. The average Bonchev–Trinajstić information content (AvgIpc) is 3.10. The summed E-state index contributed by atoms with van der Waals surface area (Å²) in [6.45, 7) is 5.83. The van der Waals surface area contributed by atoms with E-state index in [0.717, 1.165) is 75.2 Å². The summed E-state index contributed by atoms with van der Waals surface area (Å²) in [4.78, 5) is 15.7. The average molecular weight is 615 g/mol. The Kier molecular flexibility index (Phi) is 8.26. The number of aryl methyl sites for hydroxylation is 1. The Balaban J connectivity index is 1.42. The van der Waals surface area contributed by atoms with E-state index in [-0.39, 0.29) is 23.9 Å². The van der Waals surface area contributed by atoms with Gasteiger partial charge in [0, 0.05) is 35.7 Å². The molecule has 0 aromatic heterocycles. The van der Waals surface area contributed by atoms with Crippen molar-refractivity contribution in [2.24, 2.45) is 23.7 Å². The summed E-state index contributed by atoms with van der Waals surface area (Å²) in [5, 5.41) is 10.4. The zero-order valence-electron chi connectivity index (χ0n) is 24.6. The van der Waals surface area contributed by atoms with E-state index in [2.05, 4.69) is 21.8 Å². The van der Waals surface area contributed by atoms with E-state index >= 15 is 0 Å². The first-order chi connectivity index (χ1) is 20.1. The quantitative estimate of drug-likeness (QED) is 0.427. The smallest absolute Gasteiger partial charge is 0.264 e. The number of carbonyl (C=O) groups excluding carboxylic acids is 1. The number of hydrogen-bond acceptors (Lipinski definition) is 6. The van der Waals surface area contributed by atoms with Crippen LogP contribution < -0.4 is 14.4 Å². The summed E-state index contributed by atoms with van der Waals surface area (Å²) in [6.07, 6.45) is 7.70. The molecule has 9 heteroatoms. The fourth-order valence-corrected chi connectivity index (χ4v) is 9.45. The molecule has 1 amide bonds. The number of rotatable bonds is 1. The maximum Gasteiger partial charge on any atom is 0.264 e. The molecule has 0 saturated heterocycles. The molecule has 1 fully saturated rings. The monoisotopic (exact) mass is 614 g/mol. The van der Waals surface area contributed by atoms with Crippen molar-refractivity contribution in [2.45, 2.75) is 75.9 Å². The fraction of sp³-hybridized carbons (Fsp3) is 0.606. The number of amides is 1. The molecule has 6 rings (SSSR count). The van der Waals surface area contributed by atoms with Crippen molar-refractivity contribution < 1.29 is 23.1 Å². The van der Waals surface area contributed by atoms with E-state index in [4.69, 9.17) is 16.3 Å². The van der Waals surface area contributed by atoms with Crippen molar-refractivity contribution in [3.63, 3.8) is 0 Å². The highest BCUT2D eigenvalue weighted by molar-refractivity contribution is 7.90. The van der Waals surface area contributed by atoms with Gasteiger partial charge in [-0.05, 0) is 117 Å². The Morgan fingerprint density at radius 2 is 1.93 bits per heavy atom. The highest BCUT2D eigenvalue weighted by Crippen LogP contribution is 2.48. The van der Waals surface area contributed by atoms with Crippen LogP contribution in [-0.2, 0) is 21.9 Å². The third kappa shape index (κ3) is 5.55. The molecule has 42 heavy (non-hydrogen) atoms. The minimum atomic E-state index is -3.87. The predicted molar refractivity (Wildman–Crippen MR) is 166 cm³/mol. The lowest BCUT2D eigenvalue weighted by Gasteiger charge is -2.46. The fourth-order valence-electron chi connectivity index (χ4n) is 7.94. The van der Waals surface area contributed by atoms with E-state index in [0.29, 0.717) is 29.8 Å². The van der Waals surface area contributed by atoms with Gasteiger partial charge in [0.1, 0.15) is 5.75 Å². The first-order valence-electron chi connectivity index (χ1n) is 15.6. The minimum absolute atomic E-state index is 0.111. The van der Waals surface area contributed by atoms with Crippen molar-refractivity contribution in [2.75, 3.05) is 31.2 Å². The predicted octanol–water partition coefficient (Wildman–Crippen LogP) is 5.72. The Morgan fingerprint density at radius 1 is 1.10 bits per heavy atom.